The fourth-order valence-electron chi connectivity index (χ4n) is 4.74. The van der Waals surface area contributed by atoms with Crippen molar-refractivity contribution in [1.29, 1.82) is 0 Å². The molecule has 182 valence electrons. The molecule has 2 aliphatic rings. The van der Waals surface area contributed by atoms with Crippen LogP contribution in [0.25, 0.3) is 0 Å². The highest BCUT2D eigenvalue weighted by Gasteiger charge is 2.45. The average Bonchev–Trinajstić information content (AvgIpc) is 3.66. The number of hydrogen-bond donors (Lipinski definition) is 1. The fourth-order valence-corrected chi connectivity index (χ4v) is 6.46. The van der Waals surface area contributed by atoms with E-state index in [1.807, 2.05) is 22.9 Å². The van der Waals surface area contributed by atoms with Crippen molar-refractivity contribution in [3.05, 3.63) is 74.1 Å². The Kier molecular flexibility index (Phi) is 6.84. The molecule has 35 heavy (non-hydrogen) atoms. The Morgan fingerprint density at radius 1 is 1.06 bits per heavy atom. The number of amides is 1. The second kappa shape index (κ2) is 10.0. The van der Waals surface area contributed by atoms with Gasteiger partial charge in [-0.3, -0.25) is 14.5 Å². The molecule has 0 aliphatic carbocycles. The number of benzene rings is 1. The fraction of sp³-hybridized carbons (Fsp3) is 0.346. The van der Waals surface area contributed by atoms with Crippen molar-refractivity contribution in [2.45, 2.75) is 31.0 Å². The predicted octanol–water partition coefficient (Wildman–Crippen LogP) is 3.45. The van der Waals surface area contributed by atoms with E-state index in [0.717, 1.165) is 24.0 Å². The van der Waals surface area contributed by atoms with Gasteiger partial charge in [0.25, 0.3) is 0 Å². The van der Waals surface area contributed by atoms with Crippen molar-refractivity contribution in [3.63, 3.8) is 0 Å². The second-order valence-electron chi connectivity index (χ2n) is 8.85. The van der Waals surface area contributed by atoms with Crippen LogP contribution in [0.1, 0.15) is 38.5 Å². The molecule has 1 amide bonds. The highest BCUT2D eigenvalue weighted by Crippen LogP contribution is 2.37. The molecular formula is C26H26N2O5S2. The number of aldehydes is 1. The summed E-state index contributed by atoms with van der Waals surface area (Å²) in [4.78, 5) is 42.1. The minimum Gasteiger partial charge on any atom is -0.460 e. The number of carbonyl (C=O) groups is 3. The van der Waals surface area contributed by atoms with Crippen molar-refractivity contribution in [2.24, 2.45) is 0 Å². The van der Waals surface area contributed by atoms with Crippen LogP contribution in [-0.2, 0) is 26.3 Å². The molecule has 0 saturated carbocycles. The first-order chi connectivity index (χ1) is 17.0. The summed E-state index contributed by atoms with van der Waals surface area (Å²) < 4.78 is 5.80. The van der Waals surface area contributed by atoms with Crippen LogP contribution in [0.4, 0.5) is 5.69 Å². The van der Waals surface area contributed by atoms with Crippen LogP contribution in [0.2, 0.25) is 0 Å². The molecule has 0 bridgehead atoms. The number of likely N-dealkylation sites (tertiary alicyclic amines) is 1. The number of aliphatic hydroxyl groups is 1. The van der Waals surface area contributed by atoms with Crippen molar-refractivity contribution in [3.8, 4) is 0 Å². The van der Waals surface area contributed by atoms with Gasteiger partial charge in [-0.25, -0.2) is 4.79 Å². The molecule has 5 rings (SSSR count). The van der Waals surface area contributed by atoms with Crippen LogP contribution in [0.15, 0.2) is 53.2 Å². The number of nitrogens with zero attached hydrogens (tertiary/aromatic N) is 2. The smallest absolute Gasteiger partial charge is 0.349 e. The van der Waals surface area contributed by atoms with E-state index < -0.39 is 11.6 Å². The number of thiophene rings is 2. The summed E-state index contributed by atoms with van der Waals surface area (Å²) in [5, 5.41) is 15.1. The Hall–Kier alpha value is -2.85. The lowest BCUT2D eigenvalue weighted by Gasteiger charge is -2.34. The van der Waals surface area contributed by atoms with Crippen molar-refractivity contribution >= 4 is 46.5 Å². The maximum Gasteiger partial charge on any atom is 0.349 e. The van der Waals surface area contributed by atoms with E-state index in [9.17, 15) is 19.5 Å². The van der Waals surface area contributed by atoms with Gasteiger partial charge in [0.15, 0.2) is 0 Å². The normalized spacial score (nSPS) is 16.8. The summed E-state index contributed by atoms with van der Waals surface area (Å²) in [6.07, 6.45) is 2.46. The summed E-state index contributed by atoms with van der Waals surface area (Å²) in [5.41, 5.74) is 0.727. The minimum absolute atomic E-state index is 0.0304. The van der Waals surface area contributed by atoms with Crippen molar-refractivity contribution < 1.29 is 24.2 Å². The molecular weight excluding hydrogens is 484 g/mol. The number of rotatable bonds is 7. The number of fused-ring (bicyclic) bond motifs is 1. The molecule has 0 radical (unpaired) electrons. The zero-order chi connectivity index (χ0) is 24.4. The van der Waals surface area contributed by atoms with Crippen molar-refractivity contribution in [2.75, 3.05) is 31.1 Å². The van der Waals surface area contributed by atoms with Gasteiger partial charge in [-0.05, 0) is 65.9 Å². The molecule has 2 aliphatic heterocycles. The van der Waals surface area contributed by atoms with Crippen LogP contribution >= 0.6 is 22.7 Å². The summed E-state index contributed by atoms with van der Waals surface area (Å²) in [6.45, 7) is 2.17. The van der Waals surface area contributed by atoms with Crippen LogP contribution in [0.5, 0.6) is 0 Å². The van der Waals surface area contributed by atoms with Gasteiger partial charge in [0.05, 0.1) is 16.3 Å². The van der Waals surface area contributed by atoms with Crippen molar-refractivity contribution in [1.82, 2.24) is 4.90 Å². The number of esters is 1. The molecule has 0 spiro atoms. The molecule has 7 nitrogen and oxygen atoms in total. The molecule has 0 unspecified atom stereocenters. The van der Waals surface area contributed by atoms with E-state index in [0.29, 0.717) is 54.3 Å². The van der Waals surface area contributed by atoms with Crippen LogP contribution in [0, 0.1) is 0 Å². The Bertz CT molecular complexity index is 1170. The topological polar surface area (TPSA) is 87.2 Å². The molecule has 4 heterocycles. The van der Waals surface area contributed by atoms with E-state index in [1.54, 1.807) is 35.2 Å². The first kappa shape index (κ1) is 23.9. The van der Waals surface area contributed by atoms with E-state index in [-0.39, 0.29) is 12.0 Å². The summed E-state index contributed by atoms with van der Waals surface area (Å²) in [6, 6.07) is 12.5. The lowest BCUT2D eigenvalue weighted by molar-refractivity contribution is -0.169. The van der Waals surface area contributed by atoms with Gasteiger partial charge in [0.2, 0.25) is 11.5 Å². The maximum atomic E-state index is 13.2. The third-order valence-electron chi connectivity index (χ3n) is 6.65. The van der Waals surface area contributed by atoms with E-state index >= 15 is 0 Å². The summed E-state index contributed by atoms with van der Waals surface area (Å²) in [5.74, 6) is -0.622. The molecule has 1 fully saturated rings. The third kappa shape index (κ3) is 4.69. The van der Waals surface area contributed by atoms with E-state index in [1.165, 1.54) is 22.7 Å². The molecule has 9 heteroatoms. The van der Waals surface area contributed by atoms with Gasteiger partial charge in [-0.2, -0.15) is 0 Å². The maximum absolute atomic E-state index is 13.2. The summed E-state index contributed by atoms with van der Waals surface area (Å²) >= 11 is 2.65. The minimum atomic E-state index is -1.80. The number of hydrogen-bond acceptors (Lipinski definition) is 8. The van der Waals surface area contributed by atoms with Gasteiger partial charge in [0.1, 0.15) is 12.4 Å². The molecule has 1 saturated heterocycles. The lowest BCUT2D eigenvalue weighted by Crippen LogP contribution is -2.46. The van der Waals surface area contributed by atoms with Gasteiger partial charge in [-0.15, -0.1) is 22.7 Å². The number of ether oxygens (including phenoxy) is 1. The van der Waals surface area contributed by atoms with Gasteiger partial charge >= 0.3 is 5.97 Å². The van der Waals surface area contributed by atoms with E-state index in [2.05, 4.69) is 4.90 Å². The predicted molar refractivity (Wildman–Crippen MR) is 135 cm³/mol. The quantitative estimate of drug-likeness (QED) is 0.387. The zero-order valence-corrected chi connectivity index (χ0v) is 20.7. The monoisotopic (exact) mass is 510 g/mol. The molecule has 1 N–H and O–H groups in total. The molecule has 3 aromatic rings. The first-order valence-corrected chi connectivity index (χ1v) is 13.4. The lowest BCUT2D eigenvalue weighted by atomic mass is 9.99. The van der Waals surface area contributed by atoms with E-state index in [4.69, 9.17) is 4.74 Å². The summed E-state index contributed by atoms with van der Waals surface area (Å²) in [7, 11) is 0. The zero-order valence-electron chi connectivity index (χ0n) is 19.1. The Morgan fingerprint density at radius 3 is 2.34 bits per heavy atom. The Balaban J connectivity index is 1.17. The molecule has 0 atom stereocenters. The molecule has 2 aromatic heterocycles. The molecule has 1 aromatic carbocycles. The first-order valence-electron chi connectivity index (χ1n) is 11.6. The van der Waals surface area contributed by atoms with Gasteiger partial charge < -0.3 is 14.7 Å². The number of piperidine rings is 1. The Labute approximate surface area is 211 Å². The highest BCUT2D eigenvalue weighted by atomic mass is 32.1. The van der Waals surface area contributed by atoms with Crippen LogP contribution in [0.3, 0.4) is 0 Å². The van der Waals surface area contributed by atoms with Crippen LogP contribution in [-0.4, -0.2) is 60.5 Å². The van der Waals surface area contributed by atoms with Gasteiger partial charge in [0, 0.05) is 30.9 Å². The van der Waals surface area contributed by atoms with Crippen LogP contribution < -0.4 is 4.90 Å². The standard InChI is InChI=1S/C26H26N2O5S2/c29-17-18-5-6-21-19(15-18)7-12-28(21)24(30)16-27-10-8-20(9-11-27)33-25(31)26(32,22-3-1-13-34-22)23-4-2-14-35-23/h1-6,13-15,17,20,32H,7-12,16H2. The number of anilines is 1. The SMILES string of the molecule is O=Cc1ccc2c(c1)CCN2C(=O)CN1CCC(OC(=O)C(O)(c2cccs2)c2cccs2)CC1. The third-order valence-corrected chi connectivity index (χ3v) is 8.61. The highest BCUT2D eigenvalue weighted by molar-refractivity contribution is 7.12. The largest absolute Gasteiger partial charge is 0.460 e. The Morgan fingerprint density at radius 2 is 1.74 bits per heavy atom. The second-order valence-corrected chi connectivity index (χ2v) is 10.7. The number of carbonyl (C=O) groups excluding carboxylic acids is 3. The van der Waals surface area contributed by atoms with Gasteiger partial charge in [-0.1, -0.05) is 12.1 Å². The average molecular weight is 511 g/mol.